The number of rotatable bonds is 3. The summed E-state index contributed by atoms with van der Waals surface area (Å²) < 4.78 is 42.5. The van der Waals surface area contributed by atoms with E-state index in [0.717, 1.165) is 0 Å². The smallest absolute Gasteiger partial charge is 0.274 e. The Bertz CT molecular complexity index is 1290. The highest BCUT2D eigenvalue weighted by molar-refractivity contribution is 6.00. The fourth-order valence-electron chi connectivity index (χ4n) is 5.57. The molecule has 5 rings (SSSR count). The summed E-state index contributed by atoms with van der Waals surface area (Å²) in [6.07, 6.45) is 0.555. The van der Waals surface area contributed by atoms with Gasteiger partial charge >= 0.3 is 0 Å². The van der Waals surface area contributed by atoms with E-state index in [4.69, 9.17) is 0 Å². The molecule has 11 heteroatoms. The van der Waals surface area contributed by atoms with Gasteiger partial charge < -0.3 is 25.0 Å². The zero-order valence-corrected chi connectivity index (χ0v) is 18.2. The maximum atomic E-state index is 14.0. The largest absolute Gasteiger partial charge is 0.503 e. The van der Waals surface area contributed by atoms with Crippen LogP contribution in [0, 0.1) is 17.5 Å². The van der Waals surface area contributed by atoms with Crippen LogP contribution in [0.25, 0.3) is 0 Å². The number of aliphatic hydroxyl groups excluding tert-OH is 1. The number of pyridine rings is 1. The summed E-state index contributed by atoms with van der Waals surface area (Å²) in [4.78, 5) is 40.8. The number of hydrogen-bond donors (Lipinski definition) is 3. The maximum absolute atomic E-state index is 14.0. The molecule has 0 saturated carbocycles. The number of nitrogens with one attached hydrogen (secondary N) is 1. The van der Waals surface area contributed by atoms with Crippen LogP contribution in [0.15, 0.2) is 16.9 Å². The second kappa shape index (κ2) is 7.59. The van der Waals surface area contributed by atoms with Gasteiger partial charge in [0.25, 0.3) is 11.8 Å². The summed E-state index contributed by atoms with van der Waals surface area (Å²) in [5.74, 6) is -5.98. The Hall–Kier alpha value is -3.34. The van der Waals surface area contributed by atoms with Gasteiger partial charge in [-0.25, -0.2) is 13.2 Å². The summed E-state index contributed by atoms with van der Waals surface area (Å²) >= 11 is 0. The van der Waals surface area contributed by atoms with Gasteiger partial charge in [0.05, 0.1) is 11.6 Å². The van der Waals surface area contributed by atoms with Gasteiger partial charge in [0, 0.05) is 42.5 Å². The van der Waals surface area contributed by atoms with E-state index in [9.17, 15) is 37.8 Å². The van der Waals surface area contributed by atoms with Gasteiger partial charge in [0.1, 0.15) is 23.0 Å². The molecule has 3 aliphatic rings. The van der Waals surface area contributed by atoms with E-state index >= 15 is 0 Å². The van der Waals surface area contributed by atoms with Crippen molar-refractivity contribution in [1.82, 2.24) is 14.8 Å². The Kier molecular flexibility index (Phi) is 5.01. The second-order valence-electron chi connectivity index (χ2n) is 9.19. The van der Waals surface area contributed by atoms with Gasteiger partial charge in [0.2, 0.25) is 5.43 Å². The number of aromatic nitrogens is 1. The minimum atomic E-state index is -1.20. The molecule has 1 aromatic heterocycles. The molecule has 2 bridgehead atoms. The van der Waals surface area contributed by atoms with Crippen LogP contribution in [0.3, 0.4) is 0 Å². The number of aliphatic hydroxyl groups is 1. The molecular formula is C23H22F3N3O5. The normalized spacial score (nSPS) is 25.2. The molecule has 1 spiro atoms. The third-order valence-corrected chi connectivity index (χ3v) is 7.36. The molecule has 4 heterocycles. The molecule has 2 amide bonds. The third kappa shape index (κ3) is 2.99. The van der Waals surface area contributed by atoms with E-state index in [1.165, 1.54) is 4.57 Å². The number of aromatic hydroxyl groups is 1. The monoisotopic (exact) mass is 477 g/mol. The van der Waals surface area contributed by atoms with Crippen molar-refractivity contribution in [2.24, 2.45) is 0 Å². The Morgan fingerprint density at radius 1 is 1.21 bits per heavy atom. The van der Waals surface area contributed by atoms with Crippen LogP contribution in [0.5, 0.6) is 5.75 Å². The molecule has 2 aromatic rings. The van der Waals surface area contributed by atoms with E-state index in [2.05, 4.69) is 5.32 Å². The first-order valence-electron chi connectivity index (χ1n) is 11.0. The minimum absolute atomic E-state index is 0.170. The standard InChI is InChI=1S/C23H22F3N3O5/c1-10-2-3-16(30)23-5-4-15-17(19(31)20(32)18(29(15)23)22(34)28(10)9-23)21(33)27-8-12-13(25)6-11(24)7-14(12)26/h6-7,10,16,30,32H,2-5,8-9H2,1H3,(H,27,33)/t10-,16-,23+/m0/s1. The van der Waals surface area contributed by atoms with E-state index in [-0.39, 0.29) is 30.4 Å². The van der Waals surface area contributed by atoms with Crippen molar-refractivity contribution in [3.8, 4) is 5.75 Å². The van der Waals surface area contributed by atoms with Crippen molar-refractivity contribution >= 4 is 11.8 Å². The first-order valence-corrected chi connectivity index (χ1v) is 11.0. The summed E-state index contributed by atoms with van der Waals surface area (Å²) in [5.41, 5.74) is -3.21. The molecule has 3 atom stereocenters. The summed E-state index contributed by atoms with van der Waals surface area (Å²) in [7, 11) is 0. The van der Waals surface area contributed by atoms with Crippen molar-refractivity contribution < 1.29 is 33.0 Å². The molecule has 3 aliphatic heterocycles. The van der Waals surface area contributed by atoms with E-state index in [1.54, 1.807) is 4.90 Å². The average molecular weight is 477 g/mol. The predicted octanol–water partition coefficient (Wildman–Crippen LogP) is 1.54. The van der Waals surface area contributed by atoms with Crippen molar-refractivity contribution in [2.75, 3.05) is 6.54 Å². The quantitative estimate of drug-likeness (QED) is 0.621. The number of carbonyl (C=O) groups is 2. The highest BCUT2D eigenvalue weighted by Gasteiger charge is 2.55. The topological polar surface area (TPSA) is 112 Å². The van der Waals surface area contributed by atoms with E-state index in [1.807, 2.05) is 6.92 Å². The van der Waals surface area contributed by atoms with Crippen LogP contribution >= 0.6 is 0 Å². The molecule has 0 radical (unpaired) electrons. The van der Waals surface area contributed by atoms with Gasteiger partial charge in [-0.3, -0.25) is 14.4 Å². The molecule has 180 valence electrons. The first kappa shape index (κ1) is 22.5. The Morgan fingerprint density at radius 2 is 1.88 bits per heavy atom. The lowest BCUT2D eigenvalue weighted by molar-refractivity contribution is 0.00614. The first-order chi connectivity index (χ1) is 16.1. The van der Waals surface area contributed by atoms with Crippen molar-refractivity contribution in [3.05, 3.63) is 62.3 Å². The van der Waals surface area contributed by atoms with Crippen LogP contribution in [0.4, 0.5) is 13.2 Å². The Labute approximate surface area is 191 Å². The highest BCUT2D eigenvalue weighted by Crippen LogP contribution is 2.46. The molecule has 1 saturated heterocycles. The molecule has 1 fully saturated rings. The van der Waals surface area contributed by atoms with Crippen LogP contribution < -0.4 is 10.7 Å². The van der Waals surface area contributed by atoms with Crippen molar-refractivity contribution in [1.29, 1.82) is 0 Å². The SMILES string of the molecule is C[C@H]1CC[C@H](O)[C@]23CCc4c(C(=O)NCc5c(F)cc(F)cc5F)c(=O)c(O)c(n42)C(=O)N1C3. The van der Waals surface area contributed by atoms with Gasteiger partial charge in [0.15, 0.2) is 11.4 Å². The zero-order valence-electron chi connectivity index (χ0n) is 18.2. The summed E-state index contributed by atoms with van der Waals surface area (Å²) in [5, 5.41) is 24.0. The zero-order chi connectivity index (χ0) is 24.5. The fraction of sp³-hybridized carbons (Fsp3) is 0.435. The maximum Gasteiger partial charge on any atom is 0.274 e. The summed E-state index contributed by atoms with van der Waals surface area (Å²) in [6.45, 7) is 1.33. The fourth-order valence-corrected chi connectivity index (χ4v) is 5.57. The van der Waals surface area contributed by atoms with Gasteiger partial charge in [-0.05, 0) is 32.6 Å². The lowest BCUT2D eigenvalue weighted by Crippen LogP contribution is -2.58. The number of nitrogens with zero attached hydrogens (tertiary/aromatic N) is 2. The van der Waals surface area contributed by atoms with Crippen molar-refractivity contribution in [2.45, 2.75) is 56.8 Å². The number of benzene rings is 1. The molecule has 1 aromatic carbocycles. The molecular weight excluding hydrogens is 455 g/mol. The van der Waals surface area contributed by atoms with E-state index in [0.29, 0.717) is 31.4 Å². The molecule has 8 nitrogen and oxygen atoms in total. The van der Waals surface area contributed by atoms with Crippen LogP contribution in [0.1, 0.15) is 58.3 Å². The molecule has 0 aliphatic carbocycles. The average Bonchev–Trinajstić information content (AvgIpc) is 3.10. The van der Waals surface area contributed by atoms with Crippen LogP contribution in [-0.4, -0.2) is 50.2 Å². The molecule has 3 N–H and O–H groups in total. The van der Waals surface area contributed by atoms with Gasteiger partial charge in [-0.1, -0.05) is 0 Å². The van der Waals surface area contributed by atoms with Crippen LogP contribution in [-0.2, 0) is 18.5 Å². The highest BCUT2D eigenvalue weighted by atomic mass is 19.1. The lowest BCUT2D eigenvalue weighted by atomic mass is 9.86. The van der Waals surface area contributed by atoms with E-state index < -0.39 is 69.8 Å². The van der Waals surface area contributed by atoms with Crippen LogP contribution in [0.2, 0.25) is 0 Å². The number of hydrogen-bond acceptors (Lipinski definition) is 5. The molecule has 34 heavy (non-hydrogen) atoms. The Balaban J connectivity index is 1.60. The minimum Gasteiger partial charge on any atom is -0.503 e. The van der Waals surface area contributed by atoms with Gasteiger partial charge in [-0.2, -0.15) is 0 Å². The lowest BCUT2D eigenvalue weighted by Gasteiger charge is -2.45. The third-order valence-electron chi connectivity index (χ3n) is 7.36. The molecule has 0 unspecified atom stereocenters. The van der Waals surface area contributed by atoms with Gasteiger partial charge in [-0.15, -0.1) is 0 Å². The Morgan fingerprint density at radius 3 is 2.56 bits per heavy atom. The second-order valence-corrected chi connectivity index (χ2v) is 9.19. The number of halogens is 3. The number of amides is 2. The summed E-state index contributed by atoms with van der Waals surface area (Å²) in [6, 6.07) is 0.732. The predicted molar refractivity (Wildman–Crippen MR) is 112 cm³/mol. The number of fused-ring (bicyclic) bond motifs is 1. The van der Waals surface area contributed by atoms with Crippen molar-refractivity contribution in [3.63, 3.8) is 0 Å². The number of carbonyl (C=O) groups excluding carboxylic acids is 2.